The number of rotatable bonds is 52. The molecule has 0 saturated carbocycles. The third-order valence-corrected chi connectivity index (χ3v) is 20.3. The first-order valence-electron chi connectivity index (χ1n) is 40.6. The van der Waals surface area contributed by atoms with Crippen LogP contribution in [0, 0.1) is 0 Å². The van der Waals surface area contributed by atoms with Crippen molar-refractivity contribution in [1.82, 2.24) is 19.9 Å². The Morgan fingerprint density at radius 3 is 0.620 bits per heavy atom. The Bertz CT molecular complexity index is 3230. The zero-order chi connectivity index (χ0) is 69.3. The standard InChI is InChI=1S/C92H126N4O4/c1-5-9-13-17-21-25-29-33-37-41-65-97-77-53-45-49-73(69-77)89-81-57-59-83(93-81)90(74-50-46-54-78(70-74)98-66-42-38-34-30-26-22-18-14-10-6-2)85-61-63-87(95-85)92(76-52-48-56-80(72-76)100-68-44-40-36-32-28-24-20-16-12-8-4)88-64-62-86(96-88)91(84-60-58-82(89)94-84)75-51-47-55-79(71-75)99-67-43-39-35-31-27-23-19-15-11-7-3/h45-64,69-72,93,96H,5-44,65-68H2,1-4H3. The number of unbranched alkanes of at least 4 members (excludes halogenated alkanes) is 36. The van der Waals surface area contributed by atoms with Crippen LogP contribution in [0.5, 0.6) is 23.0 Å². The Hall–Kier alpha value is -7.32. The van der Waals surface area contributed by atoms with Gasteiger partial charge in [0.25, 0.3) is 0 Å². The number of aromatic amines is 2. The minimum atomic E-state index is 0.686. The molecule has 2 aliphatic rings. The van der Waals surface area contributed by atoms with E-state index in [0.717, 1.165) is 138 Å². The Kier molecular flexibility index (Phi) is 35.0. The fraction of sp³-hybridized carbons (Fsp3) is 0.522. The fourth-order valence-electron chi connectivity index (χ4n) is 14.5. The van der Waals surface area contributed by atoms with Gasteiger partial charge >= 0.3 is 0 Å². The van der Waals surface area contributed by atoms with Gasteiger partial charge in [0, 0.05) is 44.3 Å². The van der Waals surface area contributed by atoms with Gasteiger partial charge in [0.2, 0.25) is 0 Å². The van der Waals surface area contributed by atoms with Gasteiger partial charge in [-0.2, -0.15) is 0 Å². The Morgan fingerprint density at radius 1 is 0.230 bits per heavy atom. The molecule has 0 fully saturated rings. The molecular weight excluding hydrogens is 1230 g/mol. The molecule has 8 heteroatoms. The Morgan fingerprint density at radius 2 is 0.420 bits per heavy atom. The lowest BCUT2D eigenvalue weighted by Gasteiger charge is -2.11. The lowest BCUT2D eigenvalue weighted by atomic mass is 10.0. The number of hydrogen-bond acceptors (Lipinski definition) is 6. The summed E-state index contributed by atoms with van der Waals surface area (Å²) in [5.74, 6) is 3.45. The van der Waals surface area contributed by atoms with Gasteiger partial charge < -0.3 is 28.9 Å². The molecule has 2 aliphatic heterocycles. The summed E-state index contributed by atoms with van der Waals surface area (Å²) in [6, 6.07) is 43.4. The van der Waals surface area contributed by atoms with Crippen molar-refractivity contribution in [1.29, 1.82) is 0 Å². The highest BCUT2D eigenvalue weighted by atomic mass is 16.5. The second kappa shape index (κ2) is 45.5. The summed E-state index contributed by atoms with van der Waals surface area (Å²) < 4.78 is 26.5. The molecule has 7 aromatic rings. The van der Waals surface area contributed by atoms with Crippen molar-refractivity contribution < 1.29 is 18.9 Å². The fourth-order valence-corrected chi connectivity index (χ4v) is 14.5. The van der Waals surface area contributed by atoms with E-state index in [1.54, 1.807) is 0 Å². The molecule has 0 saturated heterocycles. The molecule has 3 aromatic heterocycles. The quantitative estimate of drug-likeness (QED) is 0.0369. The van der Waals surface area contributed by atoms with E-state index in [-0.39, 0.29) is 0 Å². The average molecular weight is 1350 g/mol. The van der Waals surface area contributed by atoms with Gasteiger partial charge in [-0.15, -0.1) is 0 Å². The maximum atomic E-state index is 6.62. The van der Waals surface area contributed by atoms with Crippen molar-refractivity contribution in [3.8, 4) is 67.5 Å². The largest absolute Gasteiger partial charge is 0.494 e. The van der Waals surface area contributed by atoms with Gasteiger partial charge in [-0.3, -0.25) is 0 Å². The zero-order valence-electron chi connectivity index (χ0n) is 62.5. The molecule has 9 rings (SSSR count). The van der Waals surface area contributed by atoms with Gasteiger partial charge in [-0.25, -0.2) is 9.97 Å². The van der Waals surface area contributed by atoms with Crippen LogP contribution in [-0.2, 0) is 0 Å². The molecule has 5 heterocycles. The number of nitrogens with zero attached hydrogens (tertiary/aromatic N) is 2. The lowest BCUT2D eigenvalue weighted by Crippen LogP contribution is -1.98. The number of fused-ring (bicyclic) bond motifs is 8. The molecule has 538 valence electrons. The lowest BCUT2D eigenvalue weighted by molar-refractivity contribution is 0.304. The molecule has 2 N–H and O–H groups in total. The van der Waals surface area contributed by atoms with E-state index in [0.29, 0.717) is 26.4 Å². The van der Waals surface area contributed by atoms with Gasteiger partial charge in [-0.05, 0) is 145 Å². The predicted octanol–water partition coefficient (Wildman–Crippen LogP) is 28.5. The molecule has 0 spiro atoms. The van der Waals surface area contributed by atoms with E-state index >= 15 is 0 Å². The van der Waals surface area contributed by atoms with Crippen molar-refractivity contribution in [2.24, 2.45) is 0 Å². The second-order valence-corrected chi connectivity index (χ2v) is 28.7. The van der Waals surface area contributed by atoms with E-state index in [9.17, 15) is 0 Å². The summed E-state index contributed by atoms with van der Waals surface area (Å²) in [7, 11) is 0. The smallest absolute Gasteiger partial charge is 0.119 e. The molecule has 100 heavy (non-hydrogen) atoms. The molecule has 0 radical (unpaired) electrons. The summed E-state index contributed by atoms with van der Waals surface area (Å²) in [5, 5.41) is 0. The van der Waals surface area contributed by atoms with Gasteiger partial charge in [0.05, 0.1) is 49.2 Å². The van der Waals surface area contributed by atoms with Crippen LogP contribution in [-0.4, -0.2) is 46.4 Å². The summed E-state index contributed by atoms with van der Waals surface area (Å²) in [6.45, 7) is 11.9. The van der Waals surface area contributed by atoms with E-state index in [2.05, 4.69) is 183 Å². The monoisotopic (exact) mass is 1350 g/mol. The van der Waals surface area contributed by atoms with Crippen LogP contribution in [0.4, 0.5) is 0 Å². The highest BCUT2D eigenvalue weighted by molar-refractivity contribution is 6.00. The number of hydrogen-bond donors (Lipinski definition) is 2. The van der Waals surface area contributed by atoms with Crippen LogP contribution in [0.1, 0.15) is 307 Å². The summed E-state index contributed by atoms with van der Waals surface area (Å²) >= 11 is 0. The van der Waals surface area contributed by atoms with E-state index in [4.69, 9.17) is 28.9 Å². The van der Waals surface area contributed by atoms with Crippen molar-refractivity contribution >= 4 is 46.4 Å². The maximum absolute atomic E-state index is 6.62. The van der Waals surface area contributed by atoms with Crippen molar-refractivity contribution in [3.63, 3.8) is 0 Å². The number of nitrogens with one attached hydrogen (secondary N) is 2. The highest BCUT2D eigenvalue weighted by Crippen LogP contribution is 2.41. The van der Waals surface area contributed by atoms with Gasteiger partial charge in [-0.1, -0.05) is 307 Å². The molecule has 4 aromatic carbocycles. The SMILES string of the molecule is CCCCCCCCCCCCOc1cccc(-c2c3nc(c(-c4cccc(OCCCCCCCCCCCC)c4)c4ccc([nH]4)c(-c4cccc(OCCCCCCCCCCCC)c4)c4nc(c(-c5cccc(OCCCCCCCCCCCC)c5)c5ccc2[nH]5)C=C4)C=C3)c1. The molecule has 0 unspecified atom stereocenters. The topological polar surface area (TPSA) is 94.3 Å². The first-order valence-corrected chi connectivity index (χ1v) is 40.6. The van der Waals surface area contributed by atoms with Crippen LogP contribution >= 0.6 is 0 Å². The molecular formula is C92H126N4O4. The van der Waals surface area contributed by atoms with Crippen LogP contribution < -0.4 is 18.9 Å². The van der Waals surface area contributed by atoms with Gasteiger partial charge in [0.1, 0.15) is 23.0 Å². The zero-order valence-corrected chi connectivity index (χ0v) is 62.5. The predicted molar refractivity (Wildman–Crippen MR) is 430 cm³/mol. The molecule has 0 amide bonds. The summed E-state index contributed by atoms with van der Waals surface area (Å²) in [5.41, 5.74) is 15.3. The number of ether oxygens (including phenoxy) is 4. The van der Waals surface area contributed by atoms with Crippen LogP contribution in [0.3, 0.4) is 0 Å². The van der Waals surface area contributed by atoms with Crippen LogP contribution in [0.2, 0.25) is 0 Å². The molecule has 0 aliphatic carbocycles. The summed E-state index contributed by atoms with van der Waals surface area (Å²) in [6.07, 6.45) is 60.3. The minimum Gasteiger partial charge on any atom is -0.494 e. The van der Waals surface area contributed by atoms with Crippen molar-refractivity contribution in [2.75, 3.05) is 26.4 Å². The van der Waals surface area contributed by atoms with E-state index < -0.39 is 0 Å². The maximum Gasteiger partial charge on any atom is 0.119 e. The summed E-state index contributed by atoms with van der Waals surface area (Å²) in [4.78, 5) is 19.5. The number of benzene rings is 4. The number of H-pyrrole nitrogens is 2. The van der Waals surface area contributed by atoms with Crippen molar-refractivity contribution in [2.45, 2.75) is 285 Å². The van der Waals surface area contributed by atoms with Crippen LogP contribution in [0.25, 0.3) is 90.9 Å². The third kappa shape index (κ3) is 25.6. The normalized spacial score (nSPS) is 11.9. The second-order valence-electron chi connectivity index (χ2n) is 28.7. The van der Waals surface area contributed by atoms with E-state index in [1.807, 2.05) is 0 Å². The Balaban J connectivity index is 1.09. The first kappa shape index (κ1) is 76.9. The van der Waals surface area contributed by atoms with Crippen LogP contribution in [0.15, 0.2) is 121 Å². The third-order valence-electron chi connectivity index (χ3n) is 20.3. The molecule has 8 nitrogen and oxygen atoms in total. The van der Waals surface area contributed by atoms with Gasteiger partial charge in [0.15, 0.2) is 0 Å². The highest BCUT2D eigenvalue weighted by Gasteiger charge is 2.21. The Labute approximate surface area is 604 Å². The number of aromatic nitrogens is 4. The van der Waals surface area contributed by atoms with Crippen molar-refractivity contribution in [3.05, 3.63) is 144 Å². The first-order chi connectivity index (χ1) is 49.5. The molecule has 8 bridgehead atoms. The average Bonchev–Trinajstić information content (AvgIpc) is 1.61. The minimum absolute atomic E-state index is 0.686. The van der Waals surface area contributed by atoms with E-state index in [1.165, 1.54) is 231 Å². The molecule has 0 atom stereocenters.